The molecule has 0 aliphatic heterocycles. The van der Waals surface area contributed by atoms with Crippen LogP contribution in [0.5, 0.6) is 11.5 Å². The molecule has 0 radical (unpaired) electrons. The maximum atomic E-state index is 13.3. The van der Waals surface area contributed by atoms with Crippen molar-refractivity contribution in [1.82, 2.24) is 0 Å². The van der Waals surface area contributed by atoms with Gasteiger partial charge in [-0.15, -0.1) is 0 Å². The number of esters is 2. The minimum atomic E-state index is -0.686. The van der Waals surface area contributed by atoms with E-state index in [9.17, 15) is 14.0 Å². The summed E-state index contributed by atoms with van der Waals surface area (Å²) in [5.41, 5.74) is 1.05. The molecule has 0 aromatic heterocycles. The molecule has 120 valence electrons. The summed E-state index contributed by atoms with van der Waals surface area (Å²) < 4.78 is 23.4. The number of benzene rings is 2. The molecule has 0 heterocycles. The third-order valence-corrected chi connectivity index (χ3v) is 3.13. The summed E-state index contributed by atoms with van der Waals surface area (Å²) in [6, 6.07) is 12.8. The first-order valence-electron chi connectivity index (χ1n) is 7.33. The van der Waals surface area contributed by atoms with Crippen molar-refractivity contribution < 1.29 is 23.5 Å². The van der Waals surface area contributed by atoms with Crippen molar-refractivity contribution in [2.75, 3.05) is 0 Å². The highest BCUT2D eigenvalue weighted by Crippen LogP contribution is 2.17. The average molecular weight is 316 g/mol. The van der Waals surface area contributed by atoms with Crippen molar-refractivity contribution in [3.8, 4) is 11.5 Å². The maximum absolute atomic E-state index is 13.3. The molecule has 2 aromatic carbocycles. The fourth-order valence-corrected chi connectivity index (χ4v) is 1.92. The van der Waals surface area contributed by atoms with Crippen molar-refractivity contribution in [2.45, 2.75) is 26.2 Å². The predicted molar refractivity (Wildman–Crippen MR) is 82.7 cm³/mol. The van der Waals surface area contributed by atoms with Crippen LogP contribution < -0.4 is 9.47 Å². The molecule has 2 aromatic rings. The number of hydrogen-bond donors (Lipinski definition) is 0. The topological polar surface area (TPSA) is 52.6 Å². The first-order valence-corrected chi connectivity index (χ1v) is 7.33. The molecule has 0 aliphatic rings. The average Bonchev–Trinajstić information content (AvgIpc) is 2.55. The summed E-state index contributed by atoms with van der Waals surface area (Å²) in [4.78, 5) is 23.4. The first-order chi connectivity index (χ1) is 11.1. The Morgan fingerprint density at radius 3 is 2.35 bits per heavy atom. The van der Waals surface area contributed by atoms with Crippen LogP contribution in [-0.2, 0) is 16.0 Å². The van der Waals surface area contributed by atoms with Crippen molar-refractivity contribution in [3.05, 3.63) is 59.9 Å². The van der Waals surface area contributed by atoms with Crippen LogP contribution >= 0.6 is 0 Å². The fraction of sp³-hybridized carbons (Fsp3) is 0.222. The number of hydrogen-bond acceptors (Lipinski definition) is 4. The van der Waals surface area contributed by atoms with Gasteiger partial charge in [0.1, 0.15) is 5.75 Å². The number of carbonyl (C=O) groups excluding carboxylic acids is 2. The number of para-hydroxylation sites is 1. The highest BCUT2D eigenvalue weighted by atomic mass is 19.1. The van der Waals surface area contributed by atoms with Crippen molar-refractivity contribution in [1.29, 1.82) is 0 Å². The van der Waals surface area contributed by atoms with E-state index in [1.54, 1.807) is 24.3 Å². The molecule has 0 fully saturated rings. The molecule has 0 saturated carbocycles. The minimum absolute atomic E-state index is 0.135. The molecule has 0 saturated heterocycles. The summed E-state index contributed by atoms with van der Waals surface area (Å²) in [6.07, 6.45) is 0.518. The Labute approximate surface area is 133 Å². The summed E-state index contributed by atoms with van der Waals surface area (Å²) in [7, 11) is 0. The van der Waals surface area contributed by atoms with E-state index in [4.69, 9.17) is 9.47 Å². The fourth-order valence-electron chi connectivity index (χ4n) is 1.92. The molecule has 5 heteroatoms. The van der Waals surface area contributed by atoms with E-state index in [2.05, 4.69) is 0 Å². The number of ether oxygens (including phenoxy) is 2. The number of halogens is 1. The zero-order valence-corrected chi connectivity index (χ0v) is 12.8. The molecule has 0 bridgehead atoms. The van der Waals surface area contributed by atoms with Gasteiger partial charge in [0, 0.05) is 0 Å². The van der Waals surface area contributed by atoms with Crippen LogP contribution in [0.25, 0.3) is 0 Å². The number of carbonyl (C=O) groups is 2. The number of aryl methyl sites for hydroxylation is 1. The van der Waals surface area contributed by atoms with Gasteiger partial charge in [0.25, 0.3) is 0 Å². The van der Waals surface area contributed by atoms with Crippen LogP contribution in [0, 0.1) is 5.82 Å². The van der Waals surface area contributed by atoms with Crippen LogP contribution in [0.2, 0.25) is 0 Å². The highest BCUT2D eigenvalue weighted by molar-refractivity contribution is 5.80. The van der Waals surface area contributed by atoms with Crippen molar-refractivity contribution >= 4 is 11.9 Å². The van der Waals surface area contributed by atoms with Gasteiger partial charge in [0.2, 0.25) is 0 Å². The Morgan fingerprint density at radius 2 is 1.65 bits per heavy atom. The van der Waals surface area contributed by atoms with Gasteiger partial charge in [-0.05, 0) is 36.2 Å². The van der Waals surface area contributed by atoms with Gasteiger partial charge < -0.3 is 9.47 Å². The molecule has 0 amide bonds. The van der Waals surface area contributed by atoms with E-state index in [1.165, 1.54) is 18.2 Å². The summed E-state index contributed by atoms with van der Waals surface area (Å²) in [6.45, 7) is 2.00. The van der Waals surface area contributed by atoms with Crippen LogP contribution in [0.3, 0.4) is 0 Å². The second kappa shape index (κ2) is 8.08. The smallest absolute Gasteiger partial charge is 0.311 e. The molecule has 0 aliphatic carbocycles. The lowest BCUT2D eigenvalue weighted by Crippen LogP contribution is -2.14. The Kier molecular flexibility index (Phi) is 5.86. The van der Waals surface area contributed by atoms with Crippen LogP contribution in [0.15, 0.2) is 48.5 Å². The highest BCUT2D eigenvalue weighted by Gasteiger charge is 2.13. The monoisotopic (exact) mass is 316 g/mol. The van der Waals surface area contributed by atoms with Gasteiger partial charge in [0.05, 0.1) is 12.8 Å². The van der Waals surface area contributed by atoms with Gasteiger partial charge in [-0.1, -0.05) is 31.2 Å². The van der Waals surface area contributed by atoms with E-state index >= 15 is 0 Å². The molecular formula is C18H17FO4. The van der Waals surface area contributed by atoms with E-state index in [0.29, 0.717) is 5.75 Å². The molecule has 23 heavy (non-hydrogen) atoms. The molecule has 2 rings (SSSR count). The van der Waals surface area contributed by atoms with Crippen LogP contribution in [0.4, 0.5) is 4.39 Å². The SMILES string of the molecule is CCc1cccc(OC(=O)CCC(=O)Oc2ccccc2F)c1. The maximum Gasteiger partial charge on any atom is 0.311 e. The van der Waals surface area contributed by atoms with E-state index in [-0.39, 0.29) is 18.6 Å². The van der Waals surface area contributed by atoms with Crippen molar-refractivity contribution in [2.24, 2.45) is 0 Å². The lowest BCUT2D eigenvalue weighted by atomic mass is 10.2. The second-order valence-electron chi connectivity index (χ2n) is 4.88. The van der Waals surface area contributed by atoms with Crippen LogP contribution in [-0.4, -0.2) is 11.9 Å². The zero-order valence-electron chi connectivity index (χ0n) is 12.8. The summed E-state index contributed by atoms with van der Waals surface area (Å²) >= 11 is 0. The quantitative estimate of drug-likeness (QED) is 0.602. The van der Waals surface area contributed by atoms with Gasteiger partial charge in [-0.25, -0.2) is 4.39 Å². The number of rotatable bonds is 6. The van der Waals surface area contributed by atoms with Gasteiger partial charge in [-0.3, -0.25) is 9.59 Å². The third-order valence-electron chi connectivity index (χ3n) is 3.13. The lowest BCUT2D eigenvalue weighted by molar-refractivity contribution is -0.140. The molecule has 0 N–H and O–H groups in total. The van der Waals surface area contributed by atoms with Gasteiger partial charge in [-0.2, -0.15) is 0 Å². The minimum Gasteiger partial charge on any atom is -0.427 e. The van der Waals surface area contributed by atoms with Crippen LogP contribution in [0.1, 0.15) is 25.3 Å². The van der Waals surface area contributed by atoms with Gasteiger partial charge in [0.15, 0.2) is 11.6 Å². The first kappa shape index (κ1) is 16.7. The zero-order chi connectivity index (χ0) is 16.7. The predicted octanol–water partition coefficient (Wildman–Crippen LogP) is 3.68. The third kappa shape index (κ3) is 5.21. The normalized spacial score (nSPS) is 10.2. The Morgan fingerprint density at radius 1 is 0.957 bits per heavy atom. The van der Waals surface area contributed by atoms with Gasteiger partial charge >= 0.3 is 11.9 Å². The molecule has 0 unspecified atom stereocenters. The van der Waals surface area contributed by atoms with E-state index < -0.39 is 17.8 Å². The Hall–Kier alpha value is -2.69. The molecule has 4 nitrogen and oxygen atoms in total. The largest absolute Gasteiger partial charge is 0.427 e. The molecule has 0 atom stereocenters. The van der Waals surface area contributed by atoms with Crippen molar-refractivity contribution in [3.63, 3.8) is 0 Å². The second-order valence-corrected chi connectivity index (χ2v) is 4.88. The molecular weight excluding hydrogens is 299 g/mol. The molecule has 0 spiro atoms. The van der Waals surface area contributed by atoms with E-state index in [0.717, 1.165) is 12.0 Å². The Bertz CT molecular complexity index is 697. The lowest BCUT2D eigenvalue weighted by Gasteiger charge is -2.06. The Balaban J connectivity index is 1.82. The van der Waals surface area contributed by atoms with E-state index in [1.807, 2.05) is 13.0 Å². The summed E-state index contributed by atoms with van der Waals surface area (Å²) in [5.74, 6) is -1.56. The standard InChI is InChI=1S/C18H17FO4/c1-2-13-6-5-7-14(12-13)22-17(20)10-11-18(21)23-16-9-4-3-8-15(16)19/h3-9,12H,2,10-11H2,1H3. The summed E-state index contributed by atoms with van der Waals surface area (Å²) in [5, 5.41) is 0.